The van der Waals surface area contributed by atoms with E-state index in [1.807, 2.05) is 0 Å². The van der Waals surface area contributed by atoms with Gasteiger partial charge in [-0.2, -0.15) is 0 Å². The molecule has 2 rings (SSSR count). The molecule has 0 saturated heterocycles. The summed E-state index contributed by atoms with van der Waals surface area (Å²) in [6, 6.07) is 6.48. The van der Waals surface area contributed by atoms with Gasteiger partial charge >= 0.3 is 0 Å². The van der Waals surface area contributed by atoms with E-state index in [4.69, 9.17) is 23.2 Å². The number of benzene rings is 2. The summed E-state index contributed by atoms with van der Waals surface area (Å²) in [5.74, 6) is -2.13. The topological polar surface area (TPSA) is 20.2 Å². The van der Waals surface area contributed by atoms with Gasteiger partial charge in [-0.25, -0.2) is 8.78 Å². The quantitative estimate of drug-likeness (QED) is 0.730. The summed E-state index contributed by atoms with van der Waals surface area (Å²) >= 11 is 14.9. The summed E-state index contributed by atoms with van der Waals surface area (Å²) < 4.78 is 26.8. The number of halogens is 5. The van der Waals surface area contributed by atoms with Crippen molar-refractivity contribution in [2.45, 2.75) is 6.10 Å². The van der Waals surface area contributed by atoms with Crippen molar-refractivity contribution in [1.82, 2.24) is 0 Å². The van der Waals surface area contributed by atoms with Crippen molar-refractivity contribution in [2.75, 3.05) is 0 Å². The van der Waals surface area contributed by atoms with Gasteiger partial charge in [0, 0.05) is 15.1 Å². The largest absolute Gasteiger partial charge is 0.384 e. The summed E-state index contributed by atoms with van der Waals surface area (Å²) in [4.78, 5) is 0. The van der Waals surface area contributed by atoms with Gasteiger partial charge in [0.1, 0.15) is 6.10 Å². The third-order valence-electron chi connectivity index (χ3n) is 2.59. The van der Waals surface area contributed by atoms with Gasteiger partial charge in [0.15, 0.2) is 11.6 Å². The smallest absolute Gasteiger partial charge is 0.160 e. The summed E-state index contributed by atoms with van der Waals surface area (Å²) in [5.41, 5.74) is 0.514. The summed E-state index contributed by atoms with van der Waals surface area (Å²) in [6.45, 7) is 0. The van der Waals surface area contributed by atoms with Gasteiger partial charge in [-0.05, 0) is 45.8 Å². The molecule has 1 unspecified atom stereocenters. The van der Waals surface area contributed by atoms with Crippen LogP contribution in [-0.4, -0.2) is 5.11 Å². The molecule has 1 N–H and O–H groups in total. The van der Waals surface area contributed by atoms with E-state index in [1.54, 1.807) is 12.1 Å². The van der Waals surface area contributed by atoms with Crippen LogP contribution in [0.15, 0.2) is 34.8 Å². The van der Waals surface area contributed by atoms with Crippen molar-refractivity contribution >= 4 is 39.1 Å². The Morgan fingerprint density at radius 1 is 1.00 bits per heavy atom. The third kappa shape index (κ3) is 3.08. The van der Waals surface area contributed by atoms with E-state index < -0.39 is 17.7 Å². The number of hydrogen-bond acceptors (Lipinski definition) is 1. The van der Waals surface area contributed by atoms with Crippen molar-refractivity contribution in [3.05, 3.63) is 67.6 Å². The van der Waals surface area contributed by atoms with Gasteiger partial charge in [0.25, 0.3) is 0 Å². The molecule has 2 aromatic rings. The van der Waals surface area contributed by atoms with Crippen LogP contribution < -0.4 is 0 Å². The zero-order chi connectivity index (χ0) is 14.2. The molecule has 0 fully saturated rings. The molecule has 0 aliphatic rings. The molecule has 0 radical (unpaired) electrons. The molecule has 100 valence electrons. The van der Waals surface area contributed by atoms with E-state index in [2.05, 4.69) is 15.9 Å². The molecule has 6 heteroatoms. The monoisotopic (exact) mass is 366 g/mol. The Kier molecular flexibility index (Phi) is 4.46. The molecule has 0 aliphatic heterocycles. The average Bonchev–Trinajstić information content (AvgIpc) is 2.36. The zero-order valence-corrected chi connectivity index (χ0v) is 12.4. The Morgan fingerprint density at radius 2 is 1.63 bits per heavy atom. The van der Waals surface area contributed by atoms with Crippen LogP contribution in [0.5, 0.6) is 0 Å². The predicted octanol–water partition coefficient (Wildman–Crippen LogP) is 5.12. The van der Waals surface area contributed by atoms with E-state index in [1.165, 1.54) is 6.07 Å². The summed E-state index contributed by atoms with van der Waals surface area (Å²) in [7, 11) is 0. The fourth-order valence-electron chi connectivity index (χ4n) is 1.61. The van der Waals surface area contributed by atoms with Gasteiger partial charge < -0.3 is 5.11 Å². The van der Waals surface area contributed by atoms with E-state index in [0.717, 1.165) is 12.1 Å². The van der Waals surface area contributed by atoms with Gasteiger partial charge in [0.2, 0.25) is 0 Å². The molecule has 2 aromatic carbocycles. The van der Waals surface area contributed by atoms with Crippen LogP contribution in [0, 0.1) is 11.6 Å². The maximum Gasteiger partial charge on any atom is 0.160 e. The highest BCUT2D eigenvalue weighted by Gasteiger charge is 2.18. The second-order valence-corrected chi connectivity index (χ2v) is 5.53. The predicted molar refractivity (Wildman–Crippen MR) is 74.6 cm³/mol. The highest BCUT2D eigenvalue weighted by molar-refractivity contribution is 9.10. The minimum Gasteiger partial charge on any atom is -0.384 e. The third-order valence-corrected chi connectivity index (χ3v) is 4.15. The van der Waals surface area contributed by atoms with Crippen LogP contribution in [0.25, 0.3) is 0 Å². The first-order valence-electron chi connectivity index (χ1n) is 5.17. The van der Waals surface area contributed by atoms with Crippen LogP contribution in [-0.2, 0) is 0 Å². The van der Waals surface area contributed by atoms with Crippen LogP contribution in [0.1, 0.15) is 17.2 Å². The Labute approximate surface area is 126 Å². The molecule has 1 atom stereocenters. The molecule has 1 nitrogen and oxygen atoms in total. The lowest BCUT2D eigenvalue weighted by Gasteiger charge is -2.14. The number of rotatable bonds is 2. The minimum atomic E-state index is -1.19. The first-order chi connectivity index (χ1) is 8.90. The van der Waals surface area contributed by atoms with E-state index >= 15 is 0 Å². The van der Waals surface area contributed by atoms with E-state index in [-0.39, 0.29) is 10.6 Å². The second kappa shape index (κ2) is 5.75. The fourth-order valence-corrected chi connectivity index (χ4v) is 2.30. The standard InChI is InChI=1S/C13H7BrCl2F2O/c14-8-2-1-6(3-10(8)16)13(19)7-4-11(17)12(18)5-9(7)15/h1-5,13,19H. The second-order valence-electron chi connectivity index (χ2n) is 3.86. The first-order valence-corrected chi connectivity index (χ1v) is 6.72. The van der Waals surface area contributed by atoms with Gasteiger partial charge in [-0.15, -0.1) is 0 Å². The lowest BCUT2D eigenvalue weighted by molar-refractivity contribution is 0.219. The van der Waals surface area contributed by atoms with Crippen molar-refractivity contribution in [3.8, 4) is 0 Å². The molecule has 0 aliphatic carbocycles. The molecular formula is C13H7BrCl2F2O. The molecule has 0 spiro atoms. The normalized spacial score (nSPS) is 12.5. The van der Waals surface area contributed by atoms with E-state index in [9.17, 15) is 13.9 Å². The number of aliphatic hydroxyl groups is 1. The van der Waals surface area contributed by atoms with Crippen LogP contribution in [0.3, 0.4) is 0 Å². The van der Waals surface area contributed by atoms with E-state index in [0.29, 0.717) is 15.1 Å². The van der Waals surface area contributed by atoms with Crippen molar-refractivity contribution in [3.63, 3.8) is 0 Å². The van der Waals surface area contributed by atoms with Gasteiger partial charge in [-0.3, -0.25) is 0 Å². The molecule has 0 bridgehead atoms. The Balaban J connectivity index is 2.46. The molecule has 0 saturated carbocycles. The SMILES string of the molecule is OC(c1ccc(Br)c(Cl)c1)c1cc(F)c(F)cc1Cl. The van der Waals surface area contributed by atoms with Gasteiger partial charge in [0.05, 0.1) is 5.02 Å². The Hall–Kier alpha value is -0.680. The van der Waals surface area contributed by atoms with Gasteiger partial charge in [-0.1, -0.05) is 29.3 Å². The summed E-state index contributed by atoms with van der Waals surface area (Å²) in [5, 5.41) is 10.5. The zero-order valence-electron chi connectivity index (χ0n) is 9.30. The minimum absolute atomic E-state index is 0.0505. The maximum absolute atomic E-state index is 13.2. The summed E-state index contributed by atoms with van der Waals surface area (Å²) in [6.07, 6.45) is -1.19. The number of aliphatic hydroxyl groups excluding tert-OH is 1. The molecule has 0 amide bonds. The highest BCUT2D eigenvalue weighted by atomic mass is 79.9. The van der Waals surface area contributed by atoms with Crippen molar-refractivity contribution in [1.29, 1.82) is 0 Å². The molecule has 19 heavy (non-hydrogen) atoms. The maximum atomic E-state index is 13.2. The molecule has 0 heterocycles. The van der Waals surface area contributed by atoms with Crippen molar-refractivity contribution in [2.24, 2.45) is 0 Å². The molecular weight excluding hydrogens is 361 g/mol. The Bertz CT molecular complexity index is 634. The lowest BCUT2D eigenvalue weighted by atomic mass is 10.0. The Morgan fingerprint density at radius 3 is 2.26 bits per heavy atom. The number of hydrogen-bond donors (Lipinski definition) is 1. The highest BCUT2D eigenvalue weighted by Crippen LogP contribution is 2.33. The van der Waals surface area contributed by atoms with Crippen molar-refractivity contribution < 1.29 is 13.9 Å². The van der Waals surface area contributed by atoms with Crippen LogP contribution >= 0.6 is 39.1 Å². The van der Waals surface area contributed by atoms with Crippen LogP contribution in [0.4, 0.5) is 8.78 Å². The first kappa shape index (κ1) is 14.7. The molecule has 0 aromatic heterocycles. The fraction of sp³-hybridized carbons (Fsp3) is 0.0769. The average molecular weight is 368 g/mol. The lowest BCUT2D eigenvalue weighted by Crippen LogP contribution is -2.02. The van der Waals surface area contributed by atoms with Crippen LogP contribution in [0.2, 0.25) is 10.0 Å².